The second-order valence-electron chi connectivity index (χ2n) is 25.6. The lowest BCUT2D eigenvalue weighted by Crippen LogP contribution is -2.35. The topological polar surface area (TPSA) is 168 Å². The van der Waals surface area contributed by atoms with E-state index in [0.717, 1.165) is 45.6 Å². The van der Waals surface area contributed by atoms with Gasteiger partial charge in [-0.1, -0.05) is 171 Å². The monoisotopic (exact) mass is 1080 g/mol. The van der Waals surface area contributed by atoms with Crippen molar-refractivity contribution in [2.45, 2.75) is 190 Å². The van der Waals surface area contributed by atoms with Crippen LogP contribution in [0.2, 0.25) is 0 Å². The summed E-state index contributed by atoms with van der Waals surface area (Å²) in [7, 11) is 0. The van der Waals surface area contributed by atoms with Crippen LogP contribution in [-0.2, 0) is 40.8 Å². The fourth-order valence-corrected chi connectivity index (χ4v) is 10.5. The van der Waals surface area contributed by atoms with Crippen molar-refractivity contribution in [3.05, 3.63) is 133 Å². The zero-order valence-corrected chi connectivity index (χ0v) is 51.1. The number of H-pyrrole nitrogens is 1. The number of esters is 2. The predicted octanol–water partition coefficient (Wildman–Crippen LogP) is 14.5. The van der Waals surface area contributed by atoms with Gasteiger partial charge in [0, 0.05) is 44.8 Å². The molecule has 3 aromatic carbocycles. The molecule has 5 rings (SSSR count). The first-order valence-electron chi connectivity index (χ1n) is 27.3. The van der Waals surface area contributed by atoms with E-state index in [9.17, 15) is 14.4 Å². The summed E-state index contributed by atoms with van der Waals surface area (Å²) in [6.07, 6.45) is 3.33. The highest BCUT2D eigenvalue weighted by Gasteiger charge is 2.38. The first-order valence-corrected chi connectivity index (χ1v) is 28.3. The van der Waals surface area contributed by atoms with E-state index >= 15 is 9.59 Å². The highest BCUT2D eigenvalue weighted by atomic mass is 32.2. The summed E-state index contributed by atoms with van der Waals surface area (Å²) in [5.74, 6) is -1.68. The van der Waals surface area contributed by atoms with Gasteiger partial charge in [0.05, 0.1) is 12.2 Å². The number of carbonyl (C=O) groups excluding carboxylic acids is 5. The van der Waals surface area contributed by atoms with Crippen LogP contribution in [0, 0.1) is 26.7 Å². The molecule has 0 saturated carbocycles. The molecule has 1 aromatic heterocycles. The number of benzene rings is 3. The smallest absolute Gasteiger partial charge is 0.347 e. The molecule has 0 aliphatic carbocycles. The van der Waals surface area contributed by atoms with E-state index in [-0.39, 0.29) is 52.5 Å². The number of aromatic amines is 1. The van der Waals surface area contributed by atoms with E-state index in [4.69, 9.17) is 14.5 Å². The van der Waals surface area contributed by atoms with Crippen molar-refractivity contribution >= 4 is 59.2 Å². The van der Waals surface area contributed by atoms with Gasteiger partial charge in [0.25, 0.3) is 0 Å². The first kappa shape index (κ1) is 62.4. The number of unbranched alkanes of at least 4 members (excludes halogenated alkanes) is 1. The number of hydrogen-bond acceptors (Lipinski definition) is 9. The molecule has 2 heterocycles. The third-order valence-electron chi connectivity index (χ3n) is 13.5. The Bertz CT molecular complexity index is 3010. The molecule has 4 aromatic rings. The molecule has 0 spiro atoms. The van der Waals surface area contributed by atoms with Crippen LogP contribution in [0.5, 0.6) is 11.5 Å². The maximum absolute atomic E-state index is 15.3. The third-order valence-corrected chi connectivity index (χ3v) is 14.7. The van der Waals surface area contributed by atoms with Gasteiger partial charge in [-0.15, -0.1) is 11.8 Å². The average molecular weight is 1080 g/mol. The molecule has 420 valence electrons. The van der Waals surface area contributed by atoms with Gasteiger partial charge in [0.15, 0.2) is 0 Å². The number of anilines is 1. The second-order valence-corrected chi connectivity index (χ2v) is 26.7. The Labute approximate surface area is 469 Å². The number of hydrogen-bond donors (Lipinski definition) is 4. The summed E-state index contributed by atoms with van der Waals surface area (Å²) < 4.78 is 13.3. The van der Waals surface area contributed by atoms with Gasteiger partial charge in [-0.3, -0.25) is 14.4 Å². The van der Waals surface area contributed by atoms with Crippen LogP contribution < -0.4 is 25.4 Å². The summed E-state index contributed by atoms with van der Waals surface area (Å²) >= 11 is 1.76. The molecule has 13 heteroatoms. The summed E-state index contributed by atoms with van der Waals surface area (Å²) in [6.45, 7) is 43.7. The van der Waals surface area contributed by atoms with Gasteiger partial charge < -0.3 is 30.4 Å². The number of aromatic nitrogens is 1. The maximum atomic E-state index is 15.3. The Kier molecular flexibility index (Phi) is 19.7. The summed E-state index contributed by atoms with van der Waals surface area (Å²) in [5, 5.41) is 8.47. The van der Waals surface area contributed by atoms with Gasteiger partial charge in [-0.05, 0) is 109 Å². The van der Waals surface area contributed by atoms with Crippen molar-refractivity contribution in [2.75, 3.05) is 17.6 Å². The maximum Gasteiger partial charge on any atom is 0.347 e. The zero-order chi connectivity index (χ0) is 58.6. The number of nitrogens with one attached hydrogen (secondary N) is 4. The molecule has 0 fully saturated rings. The van der Waals surface area contributed by atoms with E-state index in [0.29, 0.717) is 40.4 Å². The minimum atomic E-state index is -0.716. The number of carbonyl (C=O) groups is 5. The number of nitrogens with zero attached hydrogens (tertiary/aromatic N) is 1. The molecular weight excluding hydrogens is 995 g/mol. The predicted molar refractivity (Wildman–Crippen MR) is 320 cm³/mol. The lowest BCUT2D eigenvalue weighted by atomic mass is 9.78. The van der Waals surface area contributed by atoms with Crippen LogP contribution in [0.3, 0.4) is 0 Å². The van der Waals surface area contributed by atoms with E-state index in [2.05, 4.69) is 142 Å². The first-order chi connectivity index (χ1) is 36.0. The summed E-state index contributed by atoms with van der Waals surface area (Å²) in [6, 6.07) is 16.4. The minimum Gasteiger partial charge on any atom is -0.422 e. The SMILES string of the molecule is C=C(C)C(=O)NCC(=O)Nc1[nH]c(C=C2N=C(NC(=O)CCCCSc3ccccc3C)C(C(=O)Oc3c(C(C)(C)C)cc(C)cc3C(C)(C)C)=C2C(C)C)c(C(C)C)c1C(=O)Oc1c(C(C)(C)C)cc(C)cc1C(C)(C)C. The molecular formula is C65H87N5O7S. The van der Waals surface area contributed by atoms with E-state index in [1.807, 2.05) is 65.8 Å². The Hall–Kier alpha value is -6.47. The molecule has 3 amide bonds. The van der Waals surface area contributed by atoms with Gasteiger partial charge in [0.1, 0.15) is 34.3 Å². The molecule has 1 aliphatic rings. The molecule has 0 radical (unpaired) electrons. The van der Waals surface area contributed by atoms with Crippen LogP contribution in [-0.4, -0.2) is 52.8 Å². The number of allylic oxidation sites excluding steroid dienone is 1. The van der Waals surface area contributed by atoms with Crippen LogP contribution in [0.25, 0.3) is 6.08 Å². The number of amidine groups is 1. The van der Waals surface area contributed by atoms with Crippen LogP contribution in [0.4, 0.5) is 5.82 Å². The van der Waals surface area contributed by atoms with Crippen LogP contribution in [0.15, 0.2) is 87.4 Å². The van der Waals surface area contributed by atoms with Crippen LogP contribution in [0.1, 0.15) is 203 Å². The van der Waals surface area contributed by atoms with Crippen molar-refractivity contribution < 1.29 is 33.4 Å². The lowest BCUT2D eigenvalue weighted by molar-refractivity contribution is -0.129. The molecule has 0 atom stereocenters. The lowest BCUT2D eigenvalue weighted by Gasteiger charge is -2.30. The number of thioether (sulfide) groups is 1. The quantitative estimate of drug-likeness (QED) is 0.0266. The average Bonchev–Trinajstić information content (AvgIpc) is 3.93. The summed E-state index contributed by atoms with van der Waals surface area (Å²) in [5.41, 5.74) is 7.18. The Morgan fingerprint density at radius 1 is 0.692 bits per heavy atom. The minimum absolute atomic E-state index is 0.0430. The molecule has 0 saturated heterocycles. The van der Waals surface area contributed by atoms with Gasteiger partial charge in [-0.25, -0.2) is 14.6 Å². The van der Waals surface area contributed by atoms with Gasteiger partial charge in [-0.2, -0.15) is 0 Å². The second kappa shape index (κ2) is 24.7. The fourth-order valence-electron chi connectivity index (χ4n) is 9.43. The molecule has 0 bridgehead atoms. The van der Waals surface area contributed by atoms with Crippen LogP contribution >= 0.6 is 11.8 Å². The van der Waals surface area contributed by atoms with Crippen molar-refractivity contribution in [1.82, 2.24) is 15.6 Å². The third kappa shape index (κ3) is 15.4. The van der Waals surface area contributed by atoms with E-state index < -0.39 is 52.0 Å². The largest absolute Gasteiger partial charge is 0.422 e. The van der Waals surface area contributed by atoms with Gasteiger partial charge in [0.2, 0.25) is 17.7 Å². The molecule has 78 heavy (non-hydrogen) atoms. The number of aliphatic imine (C=N–C) groups is 1. The molecule has 4 N–H and O–H groups in total. The van der Waals surface area contributed by atoms with E-state index in [1.54, 1.807) is 24.8 Å². The van der Waals surface area contributed by atoms with E-state index in [1.165, 1.54) is 10.5 Å². The highest BCUT2D eigenvalue weighted by molar-refractivity contribution is 7.99. The summed E-state index contributed by atoms with van der Waals surface area (Å²) in [4.78, 5) is 80.6. The normalized spacial score (nSPS) is 13.8. The van der Waals surface area contributed by atoms with Crippen molar-refractivity contribution in [3.63, 3.8) is 0 Å². The standard InChI is InChI=1S/C65H87N5O7S/c1-36(2)51-46(34-47-52(37(3)4)54(58(68-47)70-50(72)35-66-59(73)38(5)6)61(75)77-56-44(64(16,17)18)32-40(8)33-45(56)65(19,20)21)67-57(69-49(71)28-24-25-29-78-48-27-23-22-26-41(48)9)53(51)60(74)76-55-42(62(10,11)12)30-39(7)31-43(55)63(13,14)15/h22-23,26-27,30-34,36-37,68H,5,24-25,28-29,35H2,1-4,6-21H3,(H,66,73)(H,70,72)(H,67,69,71). The number of rotatable bonds is 17. The zero-order valence-electron chi connectivity index (χ0n) is 50.3. The number of amides is 3. The molecule has 0 unspecified atom stereocenters. The Balaban J connectivity index is 1.73. The van der Waals surface area contributed by atoms with Crippen molar-refractivity contribution in [3.8, 4) is 11.5 Å². The van der Waals surface area contributed by atoms with Crippen molar-refractivity contribution in [2.24, 2.45) is 10.9 Å². The molecule has 1 aliphatic heterocycles. The highest BCUT2D eigenvalue weighted by Crippen LogP contribution is 2.45. The van der Waals surface area contributed by atoms with Crippen molar-refractivity contribution in [1.29, 1.82) is 0 Å². The number of aryl methyl sites for hydroxylation is 3. The molecule has 12 nitrogen and oxygen atoms in total. The Morgan fingerprint density at radius 2 is 1.19 bits per heavy atom. The van der Waals surface area contributed by atoms with Gasteiger partial charge >= 0.3 is 11.9 Å². The number of ether oxygens (including phenoxy) is 2. The fraction of sp³-hybridized carbons (Fsp3) is 0.477. The Morgan fingerprint density at radius 3 is 1.65 bits per heavy atom.